The summed E-state index contributed by atoms with van der Waals surface area (Å²) in [5.74, 6) is -0.675. The van der Waals surface area contributed by atoms with Crippen molar-refractivity contribution in [2.75, 3.05) is 34.4 Å². The molecule has 1 rings (SSSR count). The summed E-state index contributed by atoms with van der Waals surface area (Å²) in [5, 5.41) is 18.4. The van der Waals surface area contributed by atoms with Gasteiger partial charge in [0.1, 0.15) is 25.8 Å². The number of carbonyl (C=O) groups is 1. The number of hydrogen-bond acceptors (Lipinski definition) is 8. The van der Waals surface area contributed by atoms with Crippen LogP contribution < -0.4 is 0 Å². The third kappa shape index (κ3) is 3.61. The number of rotatable bonds is 8. The highest BCUT2D eigenvalue weighted by Crippen LogP contribution is 2.24. The molecule has 0 bridgehead atoms. The van der Waals surface area contributed by atoms with E-state index < -0.39 is 37.0 Å². The Balaban J connectivity index is 2.70. The summed E-state index contributed by atoms with van der Waals surface area (Å²) < 4.78 is 24.7. The summed E-state index contributed by atoms with van der Waals surface area (Å²) >= 11 is 0. The van der Waals surface area contributed by atoms with Crippen molar-refractivity contribution < 1.29 is 38.7 Å². The zero-order valence-electron chi connectivity index (χ0n) is 10.3. The lowest BCUT2D eigenvalue weighted by atomic mass is 10.1. The Morgan fingerprint density at radius 1 is 1.28 bits per heavy atom. The highest BCUT2D eigenvalue weighted by molar-refractivity contribution is 5.78. The maximum Gasteiger partial charge on any atom is 0.338 e. The predicted octanol–water partition coefficient (Wildman–Crippen LogP) is -1.76. The number of cyclic esters (lactones) is 1. The summed E-state index contributed by atoms with van der Waals surface area (Å²) in [6, 6.07) is 0. The van der Waals surface area contributed by atoms with Crippen molar-refractivity contribution in [1.82, 2.24) is 0 Å². The van der Waals surface area contributed by atoms with Crippen LogP contribution in [0.2, 0.25) is 0 Å². The second kappa shape index (κ2) is 7.62. The summed E-state index contributed by atoms with van der Waals surface area (Å²) in [7, 11) is 2.82. The van der Waals surface area contributed by atoms with Gasteiger partial charge >= 0.3 is 5.97 Å². The van der Waals surface area contributed by atoms with Gasteiger partial charge in [0.25, 0.3) is 0 Å². The van der Waals surface area contributed by atoms with Crippen molar-refractivity contribution in [2.45, 2.75) is 24.4 Å². The fraction of sp³-hybridized carbons (Fsp3) is 0.900. The van der Waals surface area contributed by atoms with Gasteiger partial charge in [-0.25, -0.2) is 4.79 Å². The SMILES string of the molecule is COCO[C@H]1[C@H]([C@@H](O)CO)OC(=O)[C@@H]1OCOC. The molecule has 1 fully saturated rings. The number of hydrogen-bond donors (Lipinski definition) is 2. The Labute approximate surface area is 104 Å². The molecule has 0 amide bonds. The summed E-state index contributed by atoms with van der Waals surface area (Å²) in [4.78, 5) is 11.6. The zero-order valence-corrected chi connectivity index (χ0v) is 10.3. The molecule has 0 aromatic carbocycles. The molecule has 0 aliphatic carbocycles. The number of aliphatic hydroxyl groups is 2. The van der Waals surface area contributed by atoms with Crippen LogP contribution in [0.5, 0.6) is 0 Å². The van der Waals surface area contributed by atoms with E-state index in [9.17, 15) is 9.90 Å². The highest BCUT2D eigenvalue weighted by atomic mass is 16.7. The quantitative estimate of drug-likeness (QED) is 0.393. The molecule has 1 aliphatic heterocycles. The molecule has 0 aromatic rings. The van der Waals surface area contributed by atoms with Gasteiger partial charge in [0.05, 0.1) is 6.61 Å². The first kappa shape index (κ1) is 15.3. The predicted molar refractivity (Wildman–Crippen MR) is 56.5 cm³/mol. The Morgan fingerprint density at radius 2 is 1.89 bits per heavy atom. The first-order valence-corrected chi connectivity index (χ1v) is 5.36. The lowest BCUT2D eigenvalue weighted by Crippen LogP contribution is -2.43. The van der Waals surface area contributed by atoms with E-state index in [4.69, 9.17) is 28.8 Å². The monoisotopic (exact) mass is 266 g/mol. The number of aliphatic hydroxyl groups excluding tert-OH is 2. The van der Waals surface area contributed by atoms with Gasteiger partial charge in [-0.2, -0.15) is 0 Å². The van der Waals surface area contributed by atoms with E-state index in [1.165, 1.54) is 14.2 Å². The minimum atomic E-state index is -1.24. The average Bonchev–Trinajstić information content (AvgIpc) is 2.69. The van der Waals surface area contributed by atoms with Gasteiger partial charge in [0.2, 0.25) is 0 Å². The van der Waals surface area contributed by atoms with Gasteiger partial charge in [-0.1, -0.05) is 0 Å². The van der Waals surface area contributed by atoms with Gasteiger partial charge in [-0.3, -0.25) is 0 Å². The van der Waals surface area contributed by atoms with E-state index in [-0.39, 0.29) is 13.6 Å². The molecular formula is C10H18O8. The lowest BCUT2D eigenvalue weighted by Gasteiger charge is -2.23. The lowest BCUT2D eigenvalue weighted by molar-refractivity contribution is -0.164. The van der Waals surface area contributed by atoms with Crippen molar-refractivity contribution in [3.05, 3.63) is 0 Å². The first-order chi connectivity index (χ1) is 8.65. The Hall–Kier alpha value is -0.770. The van der Waals surface area contributed by atoms with Gasteiger partial charge in [0, 0.05) is 14.2 Å². The topological polar surface area (TPSA) is 104 Å². The van der Waals surface area contributed by atoms with Crippen LogP contribution in [-0.4, -0.2) is 75.0 Å². The van der Waals surface area contributed by atoms with Crippen LogP contribution >= 0.6 is 0 Å². The maximum atomic E-state index is 11.6. The summed E-state index contributed by atoms with van der Waals surface area (Å²) in [6.07, 6.45) is -4.13. The molecular weight excluding hydrogens is 248 g/mol. The molecule has 106 valence electrons. The fourth-order valence-electron chi connectivity index (χ4n) is 1.61. The van der Waals surface area contributed by atoms with Gasteiger partial charge in [-0.15, -0.1) is 0 Å². The number of methoxy groups -OCH3 is 2. The molecule has 0 radical (unpaired) electrons. The average molecular weight is 266 g/mol. The third-order valence-corrected chi connectivity index (χ3v) is 2.42. The van der Waals surface area contributed by atoms with E-state index >= 15 is 0 Å². The summed E-state index contributed by atoms with van der Waals surface area (Å²) in [6.45, 7) is -0.765. The minimum Gasteiger partial charge on any atom is -0.455 e. The molecule has 1 heterocycles. The van der Waals surface area contributed by atoms with Gasteiger partial charge in [-0.05, 0) is 0 Å². The molecule has 4 atom stereocenters. The molecule has 0 aromatic heterocycles. The van der Waals surface area contributed by atoms with Crippen molar-refractivity contribution in [3.8, 4) is 0 Å². The van der Waals surface area contributed by atoms with Crippen LogP contribution in [-0.2, 0) is 28.5 Å². The third-order valence-electron chi connectivity index (χ3n) is 2.42. The molecule has 0 saturated carbocycles. The Morgan fingerprint density at radius 3 is 2.44 bits per heavy atom. The highest BCUT2D eigenvalue weighted by Gasteiger charge is 2.49. The molecule has 0 spiro atoms. The van der Waals surface area contributed by atoms with E-state index in [0.29, 0.717) is 0 Å². The number of carbonyl (C=O) groups excluding carboxylic acids is 1. The molecule has 8 heteroatoms. The van der Waals surface area contributed by atoms with Gasteiger partial charge in [0.15, 0.2) is 12.2 Å². The molecule has 18 heavy (non-hydrogen) atoms. The van der Waals surface area contributed by atoms with Crippen LogP contribution in [0.25, 0.3) is 0 Å². The molecule has 8 nitrogen and oxygen atoms in total. The number of ether oxygens (including phenoxy) is 5. The summed E-state index contributed by atoms with van der Waals surface area (Å²) in [5.41, 5.74) is 0. The van der Waals surface area contributed by atoms with Crippen molar-refractivity contribution in [1.29, 1.82) is 0 Å². The van der Waals surface area contributed by atoms with E-state index in [0.717, 1.165) is 0 Å². The normalized spacial score (nSPS) is 29.3. The molecule has 1 aliphatic rings. The smallest absolute Gasteiger partial charge is 0.338 e. The van der Waals surface area contributed by atoms with Crippen LogP contribution in [0.1, 0.15) is 0 Å². The number of esters is 1. The second-order valence-electron chi connectivity index (χ2n) is 3.68. The first-order valence-electron chi connectivity index (χ1n) is 5.36. The minimum absolute atomic E-state index is 0.0944. The van der Waals surface area contributed by atoms with Crippen LogP contribution in [0, 0.1) is 0 Å². The second-order valence-corrected chi connectivity index (χ2v) is 3.68. The van der Waals surface area contributed by atoms with Crippen molar-refractivity contribution in [3.63, 3.8) is 0 Å². The Kier molecular flexibility index (Phi) is 6.47. The van der Waals surface area contributed by atoms with E-state index in [1.807, 2.05) is 0 Å². The fourth-order valence-corrected chi connectivity index (χ4v) is 1.61. The zero-order chi connectivity index (χ0) is 13.5. The van der Waals surface area contributed by atoms with Crippen molar-refractivity contribution >= 4 is 5.97 Å². The standard InChI is InChI=1S/C10H18O8/c1-14-4-16-8-7(6(12)3-11)18-10(13)9(8)17-5-15-2/h6-9,11-12H,3-5H2,1-2H3/t6-,7-,8-,9+/m0/s1. The van der Waals surface area contributed by atoms with Crippen molar-refractivity contribution in [2.24, 2.45) is 0 Å². The molecule has 2 N–H and O–H groups in total. The molecule has 0 unspecified atom stereocenters. The van der Waals surface area contributed by atoms with Crippen LogP contribution in [0.4, 0.5) is 0 Å². The van der Waals surface area contributed by atoms with E-state index in [1.54, 1.807) is 0 Å². The van der Waals surface area contributed by atoms with Gasteiger partial charge < -0.3 is 33.9 Å². The Bertz CT molecular complexity index is 258. The van der Waals surface area contributed by atoms with E-state index in [2.05, 4.69) is 0 Å². The maximum absolute atomic E-state index is 11.6. The largest absolute Gasteiger partial charge is 0.455 e. The van der Waals surface area contributed by atoms with Crippen LogP contribution in [0.15, 0.2) is 0 Å². The molecule has 1 saturated heterocycles. The van der Waals surface area contributed by atoms with Crippen LogP contribution in [0.3, 0.4) is 0 Å².